The molecule has 0 fully saturated rings. The highest BCUT2D eigenvalue weighted by molar-refractivity contribution is 6.31. The van der Waals surface area contributed by atoms with Gasteiger partial charge in [0.1, 0.15) is 17.7 Å². The van der Waals surface area contributed by atoms with Crippen LogP contribution in [-0.2, 0) is 19.6 Å². The lowest BCUT2D eigenvalue weighted by atomic mass is 10.1. The molecule has 4 aromatic heterocycles. The highest BCUT2D eigenvalue weighted by Crippen LogP contribution is 2.27. The number of carbonyl (C=O) groups excluding carboxylic acids is 1. The number of imidazole rings is 2. The van der Waals surface area contributed by atoms with Crippen molar-refractivity contribution in [2.45, 2.75) is 26.6 Å². The second-order valence-corrected chi connectivity index (χ2v) is 9.48. The van der Waals surface area contributed by atoms with Crippen LogP contribution >= 0.6 is 11.6 Å². The number of carbonyl (C=O) groups is 1. The number of aromatic amines is 1. The van der Waals surface area contributed by atoms with Gasteiger partial charge in [-0.2, -0.15) is 0 Å². The third-order valence-electron chi connectivity index (χ3n) is 6.57. The highest BCUT2D eigenvalue weighted by atomic mass is 35.5. The minimum absolute atomic E-state index is 0.0217. The van der Waals surface area contributed by atoms with Crippen LogP contribution in [0.1, 0.15) is 27.4 Å². The molecule has 38 heavy (non-hydrogen) atoms. The average molecular weight is 530 g/mol. The topological polar surface area (TPSA) is 153 Å². The molecule has 2 aromatic carbocycles. The summed E-state index contributed by atoms with van der Waals surface area (Å²) in [5.74, 6) is 0.912. The number of amides is 1. The zero-order chi connectivity index (χ0) is 26.4. The molecule has 6 rings (SSSR count). The third-order valence-corrected chi connectivity index (χ3v) is 6.78. The number of rotatable bonds is 7. The quantitative estimate of drug-likeness (QED) is 0.248. The molecule has 0 aliphatic heterocycles. The first kappa shape index (κ1) is 23.9. The Bertz CT molecular complexity index is 1840. The molecule has 4 heterocycles. The fourth-order valence-corrected chi connectivity index (χ4v) is 5.06. The Labute approximate surface area is 221 Å². The van der Waals surface area contributed by atoms with Gasteiger partial charge in [0.2, 0.25) is 0 Å². The first-order valence-corrected chi connectivity index (χ1v) is 12.4. The summed E-state index contributed by atoms with van der Waals surface area (Å²) in [7, 11) is 0. The molecule has 0 saturated heterocycles. The summed E-state index contributed by atoms with van der Waals surface area (Å²) in [6.07, 6.45) is 3.09. The number of benzene rings is 2. The van der Waals surface area contributed by atoms with Crippen molar-refractivity contribution in [3.05, 3.63) is 76.7 Å². The lowest BCUT2D eigenvalue weighted by molar-refractivity contribution is 0.0950. The zero-order valence-electron chi connectivity index (χ0n) is 20.4. The summed E-state index contributed by atoms with van der Waals surface area (Å²) in [6, 6.07) is 11.1. The van der Waals surface area contributed by atoms with Gasteiger partial charge >= 0.3 is 0 Å². The number of aliphatic hydroxyl groups is 1. The zero-order valence-corrected chi connectivity index (χ0v) is 21.2. The maximum atomic E-state index is 12.9. The number of fused-ring (bicyclic) bond motifs is 3. The first-order chi connectivity index (χ1) is 18.4. The Morgan fingerprint density at radius 3 is 2.89 bits per heavy atom. The number of aryl methyl sites for hydroxylation is 1. The van der Waals surface area contributed by atoms with Gasteiger partial charge in [0, 0.05) is 28.2 Å². The van der Waals surface area contributed by atoms with Crippen molar-refractivity contribution in [1.82, 2.24) is 39.4 Å². The SMILES string of the molecule is Cc1nc2cc(C(=O)NCc3cc4cc(Cl)cc(Cn5cnc6c(N)ncnc65)c4[nH]3)ccc2n1CCO. The Morgan fingerprint density at radius 1 is 1.18 bits per heavy atom. The van der Waals surface area contributed by atoms with Crippen LogP contribution < -0.4 is 11.1 Å². The summed E-state index contributed by atoms with van der Waals surface area (Å²) in [6.45, 7) is 3.13. The molecule has 0 saturated carbocycles. The second kappa shape index (κ2) is 9.43. The van der Waals surface area contributed by atoms with E-state index in [2.05, 4.69) is 30.2 Å². The molecule has 0 atom stereocenters. The van der Waals surface area contributed by atoms with Crippen molar-refractivity contribution in [3.8, 4) is 0 Å². The lowest BCUT2D eigenvalue weighted by Crippen LogP contribution is -2.22. The molecule has 0 spiro atoms. The standard InChI is InChI=1S/C26H24ClN9O2/c1-14-33-20-9-15(2-3-21(20)36(14)4-5-37)26(38)29-10-19-8-16-6-18(27)7-17(22(16)34-19)11-35-13-32-23-24(28)30-12-31-25(23)35/h2-3,6-9,12-13,34,37H,4-5,10-11H2,1H3,(H,29,38)(H2,28,30,31). The molecule has 0 bridgehead atoms. The predicted octanol–water partition coefficient (Wildman–Crippen LogP) is 3.17. The number of nitrogens with zero attached hydrogens (tertiary/aromatic N) is 6. The van der Waals surface area contributed by atoms with Gasteiger partial charge in [-0.3, -0.25) is 4.79 Å². The molecule has 11 nitrogen and oxygen atoms in total. The number of aromatic nitrogens is 7. The normalized spacial score (nSPS) is 11.7. The van der Waals surface area contributed by atoms with E-state index in [0.29, 0.717) is 52.7 Å². The number of anilines is 1. The minimum atomic E-state index is -0.208. The van der Waals surface area contributed by atoms with Crippen LogP contribution in [0.3, 0.4) is 0 Å². The van der Waals surface area contributed by atoms with Gasteiger partial charge in [-0.25, -0.2) is 19.9 Å². The van der Waals surface area contributed by atoms with Gasteiger partial charge in [-0.1, -0.05) is 11.6 Å². The Kier molecular flexibility index (Phi) is 5.93. The Balaban J connectivity index is 1.23. The van der Waals surface area contributed by atoms with E-state index in [0.717, 1.165) is 33.5 Å². The maximum Gasteiger partial charge on any atom is 0.251 e. The van der Waals surface area contributed by atoms with Gasteiger partial charge < -0.3 is 30.3 Å². The van der Waals surface area contributed by atoms with Crippen LogP contribution in [-0.4, -0.2) is 51.7 Å². The van der Waals surface area contributed by atoms with Crippen molar-refractivity contribution in [2.75, 3.05) is 12.3 Å². The Hall–Kier alpha value is -4.48. The van der Waals surface area contributed by atoms with Crippen LogP contribution in [0.15, 0.2) is 49.1 Å². The molecule has 0 aliphatic carbocycles. The van der Waals surface area contributed by atoms with Crippen molar-refractivity contribution >= 4 is 56.4 Å². The smallest absolute Gasteiger partial charge is 0.251 e. The molecule has 0 unspecified atom stereocenters. The Morgan fingerprint density at radius 2 is 2.05 bits per heavy atom. The van der Waals surface area contributed by atoms with Gasteiger partial charge in [0.25, 0.3) is 5.91 Å². The van der Waals surface area contributed by atoms with Gasteiger partial charge in [-0.15, -0.1) is 0 Å². The van der Waals surface area contributed by atoms with Crippen molar-refractivity contribution < 1.29 is 9.90 Å². The van der Waals surface area contributed by atoms with E-state index in [4.69, 9.17) is 17.3 Å². The summed E-state index contributed by atoms with van der Waals surface area (Å²) in [5, 5.41) is 13.8. The summed E-state index contributed by atoms with van der Waals surface area (Å²) < 4.78 is 3.82. The van der Waals surface area contributed by atoms with E-state index in [1.165, 1.54) is 6.33 Å². The van der Waals surface area contributed by atoms with E-state index in [9.17, 15) is 9.90 Å². The molecule has 1 amide bonds. The average Bonchev–Trinajstić information content (AvgIpc) is 3.58. The minimum Gasteiger partial charge on any atom is -0.395 e. The lowest BCUT2D eigenvalue weighted by Gasteiger charge is -2.07. The largest absolute Gasteiger partial charge is 0.395 e. The predicted molar refractivity (Wildman–Crippen MR) is 145 cm³/mol. The number of H-pyrrole nitrogens is 1. The molecule has 0 radical (unpaired) electrons. The number of aliphatic hydroxyl groups excluding tert-OH is 1. The van der Waals surface area contributed by atoms with Crippen molar-refractivity contribution in [1.29, 1.82) is 0 Å². The maximum absolute atomic E-state index is 12.9. The molecule has 5 N–H and O–H groups in total. The molecule has 6 aromatic rings. The van der Waals surface area contributed by atoms with E-state index >= 15 is 0 Å². The van der Waals surface area contributed by atoms with E-state index in [-0.39, 0.29) is 12.5 Å². The summed E-state index contributed by atoms with van der Waals surface area (Å²) in [5.41, 5.74) is 11.9. The number of nitrogens with two attached hydrogens (primary N) is 1. The number of hydrogen-bond donors (Lipinski definition) is 4. The van der Waals surface area contributed by atoms with E-state index in [1.54, 1.807) is 18.5 Å². The van der Waals surface area contributed by atoms with Crippen molar-refractivity contribution in [2.24, 2.45) is 0 Å². The molecule has 0 aliphatic rings. The monoisotopic (exact) mass is 529 g/mol. The third kappa shape index (κ3) is 4.21. The van der Waals surface area contributed by atoms with Gasteiger partial charge in [-0.05, 0) is 48.9 Å². The number of nitrogens with one attached hydrogen (secondary N) is 2. The number of hydrogen-bond acceptors (Lipinski definition) is 7. The van der Waals surface area contributed by atoms with Crippen LogP contribution in [0, 0.1) is 6.92 Å². The van der Waals surface area contributed by atoms with Gasteiger partial charge in [0.15, 0.2) is 11.5 Å². The van der Waals surface area contributed by atoms with Crippen molar-refractivity contribution in [3.63, 3.8) is 0 Å². The van der Waals surface area contributed by atoms with Crippen LogP contribution in [0.4, 0.5) is 5.82 Å². The van der Waals surface area contributed by atoms with E-state index < -0.39 is 0 Å². The summed E-state index contributed by atoms with van der Waals surface area (Å²) in [4.78, 5) is 33.5. The van der Waals surface area contributed by atoms with Crippen LogP contribution in [0.5, 0.6) is 0 Å². The van der Waals surface area contributed by atoms with E-state index in [1.807, 2.05) is 40.3 Å². The second-order valence-electron chi connectivity index (χ2n) is 9.05. The fraction of sp³-hybridized carbons (Fsp3) is 0.192. The fourth-order valence-electron chi connectivity index (χ4n) is 4.81. The highest BCUT2D eigenvalue weighted by Gasteiger charge is 2.14. The first-order valence-electron chi connectivity index (χ1n) is 12.0. The van der Waals surface area contributed by atoms with Gasteiger partial charge in [0.05, 0.1) is 42.6 Å². The molecular weight excluding hydrogens is 506 g/mol. The number of nitrogen functional groups attached to an aromatic ring is 1. The van der Waals surface area contributed by atoms with Crippen LogP contribution in [0.25, 0.3) is 33.1 Å². The molecule has 192 valence electrons. The molecular formula is C26H24ClN9O2. The van der Waals surface area contributed by atoms with Crippen LogP contribution in [0.2, 0.25) is 5.02 Å². The summed E-state index contributed by atoms with van der Waals surface area (Å²) >= 11 is 6.43. The number of halogens is 1. The molecule has 12 heteroatoms.